The van der Waals surface area contributed by atoms with Crippen molar-refractivity contribution in [3.8, 4) is 0 Å². The molecular formula is C6H10O3. The van der Waals surface area contributed by atoms with E-state index < -0.39 is 5.79 Å². The summed E-state index contributed by atoms with van der Waals surface area (Å²) in [5.74, 6) is -0.0991. The van der Waals surface area contributed by atoms with E-state index in [0.717, 1.165) is 0 Å². The number of ether oxygens (including phenoxy) is 2. The van der Waals surface area contributed by atoms with Crippen molar-refractivity contribution in [1.82, 2.24) is 0 Å². The quantitative estimate of drug-likeness (QED) is 0.565. The van der Waals surface area contributed by atoms with Crippen LogP contribution in [0.15, 0.2) is 12.0 Å². The summed E-state index contributed by atoms with van der Waals surface area (Å²) in [6.07, 6.45) is 1.43. The highest BCUT2D eigenvalue weighted by atomic mass is 16.7. The standard InChI is InChI=1S/C6H10O3/c1-6(2)8-4-5(3-7)9-6/h4,7H,3H2,1-2H3. The molecule has 0 saturated heterocycles. The zero-order valence-corrected chi connectivity index (χ0v) is 5.55. The maximum atomic E-state index is 8.52. The van der Waals surface area contributed by atoms with E-state index in [1.165, 1.54) is 6.26 Å². The van der Waals surface area contributed by atoms with Gasteiger partial charge >= 0.3 is 0 Å². The maximum absolute atomic E-state index is 8.52. The van der Waals surface area contributed by atoms with Crippen molar-refractivity contribution < 1.29 is 14.6 Å². The molecule has 0 fully saturated rings. The Hall–Kier alpha value is -0.700. The van der Waals surface area contributed by atoms with Crippen LogP contribution in [0.25, 0.3) is 0 Å². The Kier molecular flexibility index (Phi) is 1.37. The fourth-order valence-corrected chi connectivity index (χ4v) is 0.641. The molecule has 3 nitrogen and oxygen atoms in total. The summed E-state index contributed by atoms with van der Waals surface area (Å²) in [5.41, 5.74) is 0. The number of hydrogen-bond acceptors (Lipinski definition) is 3. The summed E-state index contributed by atoms with van der Waals surface area (Å²) in [6.45, 7) is 3.47. The van der Waals surface area contributed by atoms with Crippen LogP contribution in [0.2, 0.25) is 0 Å². The molecule has 1 heterocycles. The monoisotopic (exact) mass is 130 g/mol. The van der Waals surface area contributed by atoms with Crippen molar-refractivity contribution in [3.05, 3.63) is 12.0 Å². The first kappa shape index (κ1) is 6.42. The fourth-order valence-electron chi connectivity index (χ4n) is 0.641. The van der Waals surface area contributed by atoms with Gasteiger partial charge in [-0.15, -0.1) is 0 Å². The van der Waals surface area contributed by atoms with Crippen molar-refractivity contribution in [2.24, 2.45) is 0 Å². The molecule has 0 radical (unpaired) electrons. The Bertz CT molecular complexity index is 137. The molecule has 0 aromatic rings. The SMILES string of the molecule is CC1(C)OC=C(CO)O1. The predicted octanol–water partition coefficient (Wildman–Crippen LogP) is 0.603. The van der Waals surface area contributed by atoms with Crippen LogP contribution in [-0.4, -0.2) is 17.5 Å². The molecule has 0 amide bonds. The van der Waals surface area contributed by atoms with Gasteiger partial charge in [-0.05, 0) is 0 Å². The molecule has 0 aromatic heterocycles. The molecule has 0 atom stereocenters. The highest BCUT2D eigenvalue weighted by molar-refractivity contribution is 4.94. The van der Waals surface area contributed by atoms with Gasteiger partial charge in [0.05, 0.1) is 0 Å². The van der Waals surface area contributed by atoms with E-state index in [1.807, 2.05) is 0 Å². The summed E-state index contributed by atoms with van der Waals surface area (Å²) in [6, 6.07) is 0. The molecule has 1 N–H and O–H groups in total. The molecule has 1 rings (SSSR count). The van der Waals surface area contributed by atoms with Gasteiger partial charge in [-0.1, -0.05) is 0 Å². The molecule has 52 valence electrons. The zero-order chi connectivity index (χ0) is 6.91. The van der Waals surface area contributed by atoms with Crippen LogP contribution < -0.4 is 0 Å². The van der Waals surface area contributed by atoms with Crippen LogP contribution in [0.4, 0.5) is 0 Å². The minimum absolute atomic E-state index is 0.0938. The lowest BCUT2D eigenvalue weighted by Crippen LogP contribution is -2.20. The second-order valence-corrected chi connectivity index (χ2v) is 2.36. The van der Waals surface area contributed by atoms with Gasteiger partial charge in [0.2, 0.25) is 5.79 Å². The topological polar surface area (TPSA) is 38.7 Å². The molecule has 0 aliphatic carbocycles. The molecule has 0 aromatic carbocycles. The van der Waals surface area contributed by atoms with Gasteiger partial charge in [0.15, 0.2) is 5.76 Å². The number of aliphatic hydroxyl groups is 1. The van der Waals surface area contributed by atoms with Crippen molar-refractivity contribution in [2.75, 3.05) is 6.61 Å². The van der Waals surface area contributed by atoms with Crippen LogP contribution >= 0.6 is 0 Å². The second kappa shape index (κ2) is 1.92. The van der Waals surface area contributed by atoms with E-state index >= 15 is 0 Å². The molecular weight excluding hydrogens is 120 g/mol. The minimum Gasteiger partial charge on any atom is -0.457 e. The lowest BCUT2D eigenvalue weighted by atomic mass is 10.4. The van der Waals surface area contributed by atoms with E-state index in [9.17, 15) is 0 Å². The van der Waals surface area contributed by atoms with Gasteiger partial charge in [0.25, 0.3) is 0 Å². The summed E-state index contributed by atoms with van der Waals surface area (Å²) in [5, 5.41) is 8.52. The molecule has 9 heavy (non-hydrogen) atoms. The molecule has 3 heteroatoms. The summed E-state index contributed by atoms with van der Waals surface area (Å²) in [7, 11) is 0. The van der Waals surface area contributed by atoms with Crippen LogP contribution in [0.1, 0.15) is 13.8 Å². The van der Waals surface area contributed by atoms with Gasteiger partial charge in [-0.3, -0.25) is 0 Å². The largest absolute Gasteiger partial charge is 0.457 e. The number of aliphatic hydroxyl groups excluding tert-OH is 1. The van der Waals surface area contributed by atoms with E-state index in [4.69, 9.17) is 14.6 Å². The van der Waals surface area contributed by atoms with E-state index in [2.05, 4.69) is 0 Å². The Morgan fingerprint density at radius 1 is 1.67 bits per heavy atom. The molecule has 1 aliphatic rings. The highest BCUT2D eigenvalue weighted by Gasteiger charge is 2.26. The van der Waals surface area contributed by atoms with Gasteiger partial charge in [-0.25, -0.2) is 0 Å². The Morgan fingerprint density at radius 2 is 2.33 bits per heavy atom. The average molecular weight is 130 g/mol. The summed E-state index contributed by atoms with van der Waals surface area (Å²) in [4.78, 5) is 0. The van der Waals surface area contributed by atoms with Crippen LogP contribution in [0.3, 0.4) is 0 Å². The summed E-state index contributed by atoms with van der Waals surface area (Å²) >= 11 is 0. The third-order valence-electron chi connectivity index (χ3n) is 1.01. The van der Waals surface area contributed by atoms with Gasteiger partial charge < -0.3 is 14.6 Å². The molecule has 0 bridgehead atoms. The first-order valence-electron chi connectivity index (χ1n) is 2.81. The van der Waals surface area contributed by atoms with E-state index in [-0.39, 0.29) is 6.61 Å². The second-order valence-electron chi connectivity index (χ2n) is 2.36. The Morgan fingerprint density at radius 3 is 2.56 bits per heavy atom. The average Bonchev–Trinajstić information content (AvgIpc) is 2.10. The van der Waals surface area contributed by atoms with Crippen LogP contribution in [0.5, 0.6) is 0 Å². The van der Waals surface area contributed by atoms with Crippen molar-refractivity contribution in [3.63, 3.8) is 0 Å². The van der Waals surface area contributed by atoms with Crippen LogP contribution in [-0.2, 0) is 9.47 Å². The third kappa shape index (κ3) is 1.36. The third-order valence-corrected chi connectivity index (χ3v) is 1.01. The lowest BCUT2D eigenvalue weighted by Gasteiger charge is -2.17. The maximum Gasteiger partial charge on any atom is 0.244 e. The van der Waals surface area contributed by atoms with Gasteiger partial charge in [0.1, 0.15) is 12.9 Å². The molecule has 0 spiro atoms. The first-order valence-corrected chi connectivity index (χ1v) is 2.81. The normalized spacial score (nSPS) is 22.3. The minimum atomic E-state index is -0.585. The van der Waals surface area contributed by atoms with Crippen molar-refractivity contribution >= 4 is 0 Å². The Balaban J connectivity index is 2.50. The van der Waals surface area contributed by atoms with Gasteiger partial charge in [-0.2, -0.15) is 0 Å². The highest BCUT2D eigenvalue weighted by Crippen LogP contribution is 2.23. The van der Waals surface area contributed by atoms with Gasteiger partial charge in [0, 0.05) is 13.8 Å². The first-order chi connectivity index (χ1) is 4.14. The lowest BCUT2D eigenvalue weighted by molar-refractivity contribution is -0.119. The fraction of sp³-hybridized carbons (Fsp3) is 0.667. The molecule has 0 saturated carbocycles. The van der Waals surface area contributed by atoms with E-state index in [1.54, 1.807) is 13.8 Å². The summed E-state index contributed by atoms with van der Waals surface area (Å²) < 4.78 is 10.1. The smallest absolute Gasteiger partial charge is 0.244 e. The number of rotatable bonds is 1. The van der Waals surface area contributed by atoms with E-state index in [0.29, 0.717) is 5.76 Å². The Labute approximate surface area is 53.9 Å². The number of hydrogen-bond donors (Lipinski definition) is 1. The van der Waals surface area contributed by atoms with Crippen LogP contribution in [0, 0.1) is 0 Å². The molecule has 1 aliphatic heterocycles. The van der Waals surface area contributed by atoms with Crippen molar-refractivity contribution in [2.45, 2.75) is 19.6 Å². The predicted molar refractivity (Wildman–Crippen MR) is 31.4 cm³/mol. The zero-order valence-electron chi connectivity index (χ0n) is 5.55. The molecule has 0 unspecified atom stereocenters. The van der Waals surface area contributed by atoms with Crippen molar-refractivity contribution in [1.29, 1.82) is 0 Å².